The lowest BCUT2D eigenvalue weighted by Crippen LogP contribution is -2.20. The quantitative estimate of drug-likeness (QED) is 0.172. The summed E-state index contributed by atoms with van der Waals surface area (Å²) < 4.78 is 0. The first-order chi connectivity index (χ1) is 18.8. The van der Waals surface area contributed by atoms with Crippen molar-refractivity contribution in [3.8, 4) is 35.5 Å². The molecule has 0 fully saturated rings. The number of hydrogen-bond donors (Lipinski definition) is 0. The van der Waals surface area contributed by atoms with E-state index in [2.05, 4.69) is 110 Å². The largest absolute Gasteiger partial charge is 0.103 e. The Kier molecular flexibility index (Phi) is 13.4. The molecule has 0 saturated carbocycles. The van der Waals surface area contributed by atoms with Crippen LogP contribution in [0.2, 0.25) is 0 Å². The highest BCUT2D eigenvalue weighted by Gasteiger charge is 2.28. The number of hydrogen-bond acceptors (Lipinski definition) is 0. The minimum absolute atomic E-state index is 0.272. The summed E-state index contributed by atoms with van der Waals surface area (Å²) >= 11 is 0. The van der Waals surface area contributed by atoms with Crippen molar-refractivity contribution in [1.82, 2.24) is 0 Å². The average molecular weight is 537 g/mol. The van der Waals surface area contributed by atoms with Crippen LogP contribution < -0.4 is 0 Å². The van der Waals surface area contributed by atoms with Crippen LogP contribution in [0.3, 0.4) is 0 Å². The van der Waals surface area contributed by atoms with Gasteiger partial charge in [0.05, 0.1) is 0 Å². The topological polar surface area (TPSA) is 0 Å². The third-order valence-corrected chi connectivity index (χ3v) is 8.78. The van der Waals surface area contributed by atoms with Crippen molar-refractivity contribution in [3.05, 3.63) is 57.7 Å². The zero-order valence-electron chi connectivity index (χ0n) is 27.5. The third kappa shape index (κ3) is 11.5. The molecule has 0 aromatic rings. The number of rotatable bonds is 7. The molecule has 0 aromatic carbocycles. The zero-order chi connectivity index (χ0) is 29.8. The first kappa shape index (κ1) is 33.6. The first-order valence-corrected chi connectivity index (χ1v) is 15.7. The van der Waals surface area contributed by atoms with E-state index in [-0.39, 0.29) is 5.41 Å². The Morgan fingerprint density at radius 1 is 0.850 bits per heavy atom. The SMILES string of the molecule is CC1=C(/C=C/C(C)=C/C#C/C(C)=C/C#CCC(C)CC#CC(C)CCC2=C(C)CCCC2(C)C)C(C)(C)CCC1. The van der Waals surface area contributed by atoms with E-state index in [1.807, 2.05) is 19.1 Å². The van der Waals surface area contributed by atoms with Gasteiger partial charge in [-0.2, -0.15) is 0 Å². The summed E-state index contributed by atoms with van der Waals surface area (Å²) in [5.74, 6) is 20.8. The standard InChI is InChI=1S/C40H56/c1-31(19-13-21-33(3)25-27-37-35(5)23-15-29-39(37,7)8)17-11-12-18-32(2)20-14-22-34(4)26-28-38-36(6)24-16-30-40(38,9)10/h17,21,25,27,32,34H,15-16,18,20,23-24,26,28-30H2,1-10H3/b27-25+,31-17+,33-21+. The molecule has 0 amide bonds. The maximum Gasteiger partial charge on any atom is 0.0177 e. The first-order valence-electron chi connectivity index (χ1n) is 15.7. The molecule has 0 spiro atoms. The van der Waals surface area contributed by atoms with Gasteiger partial charge in [-0.15, -0.1) is 11.8 Å². The second-order valence-corrected chi connectivity index (χ2v) is 13.8. The van der Waals surface area contributed by atoms with Crippen LogP contribution in [-0.4, -0.2) is 0 Å². The molecule has 0 heterocycles. The number of allylic oxidation sites excluding steroid dienone is 10. The van der Waals surface area contributed by atoms with Crippen LogP contribution in [0.25, 0.3) is 0 Å². The van der Waals surface area contributed by atoms with E-state index >= 15 is 0 Å². The highest BCUT2D eigenvalue weighted by Crippen LogP contribution is 2.43. The predicted molar refractivity (Wildman–Crippen MR) is 177 cm³/mol. The molecule has 0 N–H and O–H groups in total. The summed E-state index contributed by atoms with van der Waals surface area (Å²) in [6.07, 6.45) is 20.3. The normalized spacial score (nSPS) is 20.6. The summed E-state index contributed by atoms with van der Waals surface area (Å²) in [6.45, 7) is 22.8. The fourth-order valence-corrected chi connectivity index (χ4v) is 6.10. The van der Waals surface area contributed by atoms with E-state index in [4.69, 9.17) is 0 Å². The summed E-state index contributed by atoms with van der Waals surface area (Å²) in [5.41, 5.74) is 9.17. The highest BCUT2D eigenvalue weighted by molar-refractivity contribution is 5.40. The molecule has 0 radical (unpaired) electrons. The van der Waals surface area contributed by atoms with Crippen molar-refractivity contribution in [1.29, 1.82) is 0 Å². The second kappa shape index (κ2) is 16.0. The van der Waals surface area contributed by atoms with Crippen LogP contribution in [0, 0.1) is 58.2 Å². The van der Waals surface area contributed by atoms with Gasteiger partial charge < -0.3 is 0 Å². The van der Waals surface area contributed by atoms with Gasteiger partial charge in [0.15, 0.2) is 0 Å². The van der Waals surface area contributed by atoms with Gasteiger partial charge >= 0.3 is 0 Å². The molecule has 0 heteroatoms. The van der Waals surface area contributed by atoms with Crippen LogP contribution in [0.4, 0.5) is 0 Å². The molecule has 2 aliphatic carbocycles. The highest BCUT2D eigenvalue weighted by atomic mass is 14.3. The van der Waals surface area contributed by atoms with Gasteiger partial charge in [0, 0.05) is 24.3 Å². The maximum atomic E-state index is 3.51. The molecule has 0 aromatic heterocycles. The van der Waals surface area contributed by atoms with Gasteiger partial charge in [0.2, 0.25) is 0 Å². The van der Waals surface area contributed by atoms with Crippen molar-refractivity contribution in [2.75, 3.05) is 0 Å². The Bertz CT molecular complexity index is 1210. The van der Waals surface area contributed by atoms with Gasteiger partial charge in [-0.25, -0.2) is 0 Å². The lowest BCUT2D eigenvalue weighted by atomic mass is 9.71. The van der Waals surface area contributed by atoms with E-state index in [1.165, 1.54) is 68.1 Å². The Hall–Kier alpha value is -2.62. The van der Waals surface area contributed by atoms with Crippen molar-refractivity contribution in [2.24, 2.45) is 22.7 Å². The summed E-state index contributed by atoms with van der Waals surface area (Å²) in [4.78, 5) is 0. The van der Waals surface area contributed by atoms with Gasteiger partial charge in [-0.3, -0.25) is 0 Å². The summed E-state index contributed by atoms with van der Waals surface area (Å²) in [7, 11) is 0. The van der Waals surface area contributed by atoms with Gasteiger partial charge in [-0.1, -0.05) is 94.1 Å². The van der Waals surface area contributed by atoms with Crippen LogP contribution in [0.15, 0.2) is 57.7 Å². The van der Waals surface area contributed by atoms with E-state index in [1.54, 1.807) is 11.1 Å². The van der Waals surface area contributed by atoms with Crippen molar-refractivity contribution < 1.29 is 0 Å². The fourth-order valence-electron chi connectivity index (χ4n) is 6.10. The van der Waals surface area contributed by atoms with E-state index in [0.717, 1.165) is 18.4 Å². The zero-order valence-corrected chi connectivity index (χ0v) is 27.5. The second-order valence-electron chi connectivity index (χ2n) is 13.8. The Labute approximate surface area is 249 Å². The molecule has 216 valence electrons. The molecular formula is C40H56. The lowest BCUT2D eigenvalue weighted by molar-refractivity contribution is 0.349. The molecule has 0 aliphatic heterocycles. The summed E-state index contributed by atoms with van der Waals surface area (Å²) in [5, 5.41) is 0. The molecule has 2 aliphatic rings. The van der Waals surface area contributed by atoms with Gasteiger partial charge in [0.1, 0.15) is 0 Å². The Morgan fingerprint density at radius 3 is 2.17 bits per heavy atom. The average Bonchev–Trinajstić information content (AvgIpc) is 2.85. The third-order valence-electron chi connectivity index (χ3n) is 8.78. The summed E-state index contributed by atoms with van der Waals surface area (Å²) in [6, 6.07) is 0. The van der Waals surface area contributed by atoms with Crippen LogP contribution in [-0.2, 0) is 0 Å². The fraction of sp³-hybridized carbons (Fsp3) is 0.600. The monoisotopic (exact) mass is 536 g/mol. The van der Waals surface area contributed by atoms with E-state index in [0.29, 0.717) is 17.3 Å². The van der Waals surface area contributed by atoms with Crippen molar-refractivity contribution in [3.63, 3.8) is 0 Å². The molecule has 0 bridgehead atoms. The minimum atomic E-state index is 0.272. The minimum Gasteiger partial charge on any atom is -0.103 e. The molecule has 40 heavy (non-hydrogen) atoms. The van der Waals surface area contributed by atoms with Crippen LogP contribution >= 0.6 is 0 Å². The Morgan fingerprint density at radius 2 is 1.50 bits per heavy atom. The van der Waals surface area contributed by atoms with E-state index in [9.17, 15) is 0 Å². The lowest BCUT2D eigenvalue weighted by Gasteiger charge is -2.35. The van der Waals surface area contributed by atoms with Crippen molar-refractivity contribution >= 4 is 0 Å². The van der Waals surface area contributed by atoms with Gasteiger partial charge in [-0.05, 0) is 119 Å². The smallest absolute Gasteiger partial charge is 0.0177 e. The maximum absolute atomic E-state index is 3.51. The van der Waals surface area contributed by atoms with Crippen molar-refractivity contribution in [2.45, 2.75) is 133 Å². The molecule has 0 saturated heterocycles. The van der Waals surface area contributed by atoms with Crippen LogP contribution in [0.1, 0.15) is 133 Å². The molecule has 0 nitrogen and oxygen atoms in total. The Balaban J connectivity index is 1.79. The molecule has 2 unspecified atom stereocenters. The van der Waals surface area contributed by atoms with E-state index < -0.39 is 0 Å². The van der Waals surface area contributed by atoms with Crippen LogP contribution in [0.5, 0.6) is 0 Å². The molecule has 2 rings (SSSR count). The predicted octanol–water partition coefficient (Wildman–Crippen LogP) is 11.3. The molecular weight excluding hydrogens is 480 g/mol. The molecule has 2 atom stereocenters. The van der Waals surface area contributed by atoms with Gasteiger partial charge in [0.25, 0.3) is 0 Å².